The molecule has 4 heterocycles. The first-order chi connectivity index (χ1) is 12.6. The molecule has 8 heteroatoms. The molecule has 0 amide bonds. The van der Waals surface area contributed by atoms with Crippen LogP contribution in [0.1, 0.15) is 36.1 Å². The molecule has 1 saturated carbocycles. The number of piperidine rings is 1. The summed E-state index contributed by atoms with van der Waals surface area (Å²) >= 11 is 1.73. The van der Waals surface area contributed by atoms with Gasteiger partial charge in [0.05, 0.1) is 28.6 Å². The first-order valence-corrected chi connectivity index (χ1v) is 11.4. The molecule has 3 aliphatic rings. The molecule has 1 spiro atoms. The Morgan fingerprint density at radius 1 is 1.23 bits per heavy atom. The minimum absolute atomic E-state index is 0.135. The molecule has 1 aliphatic carbocycles. The molecule has 0 atom stereocenters. The molecule has 0 unspecified atom stereocenters. The number of hydrogen-bond donors (Lipinski definition) is 0. The molecule has 26 heavy (non-hydrogen) atoms. The molecule has 2 fully saturated rings. The van der Waals surface area contributed by atoms with Crippen molar-refractivity contribution in [2.75, 3.05) is 19.7 Å². The van der Waals surface area contributed by atoms with Crippen molar-refractivity contribution in [2.45, 2.75) is 43.0 Å². The highest BCUT2D eigenvalue weighted by Crippen LogP contribution is 2.48. The SMILES string of the molecule is O=S(=O)(C1CC1)N1CCC2(CC1)OCCc1cc(-c3cnccn3)sc12. The fourth-order valence-electron chi connectivity index (χ4n) is 4.02. The minimum atomic E-state index is -3.10. The lowest BCUT2D eigenvalue weighted by molar-refractivity contribution is -0.0862. The molecule has 2 aromatic heterocycles. The Bertz CT molecular complexity index is 914. The van der Waals surface area contributed by atoms with Crippen molar-refractivity contribution in [1.82, 2.24) is 14.3 Å². The minimum Gasteiger partial charge on any atom is -0.369 e. The van der Waals surface area contributed by atoms with Crippen LogP contribution >= 0.6 is 11.3 Å². The molecular formula is C18H21N3O3S2. The summed E-state index contributed by atoms with van der Waals surface area (Å²) in [7, 11) is -3.10. The van der Waals surface area contributed by atoms with Crippen LogP contribution in [-0.4, -0.2) is 47.6 Å². The molecule has 2 aromatic rings. The lowest BCUT2D eigenvalue weighted by Gasteiger charge is -2.43. The maximum absolute atomic E-state index is 12.5. The Morgan fingerprint density at radius 3 is 2.73 bits per heavy atom. The van der Waals surface area contributed by atoms with Crippen LogP contribution in [0.4, 0.5) is 0 Å². The smallest absolute Gasteiger partial charge is 0.216 e. The molecule has 138 valence electrons. The van der Waals surface area contributed by atoms with Crippen molar-refractivity contribution >= 4 is 21.4 Å². The number of hydrogen-bond acceptors (Lipinski definition) is 6. The highest BCUT2D eigenvalue weighted by molar-refractivity contribution is 7.90. The molecule has 6 nitrogen and oxygen atoms in total. The largest absolute Gasteiger partial charge is 0.369 e. The van der Waals surface area contributed by atoms with Crippen LogP contribution in [0.15, 0.2) is 24.7 Å². The van der Waals surface area contributed by atoms with Crippen LogP contribution in [0.3, 0.4) is 0 Å². The van der Waals surface area contributed by atoms with Crippen molar-refractivity contribution in [3.63, 3.8) is 0 Å². The number of ether oxygens (including phenoxy) is 1. The Kier molecular flexibility index (Phi) is 3.93. The van der Waals surface area contributed by atoms with Gasteiger partial charge in [0.25, 0.3) is 0 Å². The molecule has 0 radical (unpaired) electrons. The Morgan fingerprint density at radius 2 is 2.04 bits per heavy atom. The summed E-state index contributed by atoms with van der Waals surface area (Å²) in [6, 6.07) is 2.21. The number of thiophene rings is 1. The van der Waals surface area contributed by atoms with Crippen molar-refractivity contribution in [2.24, 2.45) is 0 Å². The van der Waals surface area contributed by atoms with E-state index in [0.29, 0.717) is 19.7 Å². The van der Waals surface area contributed by atoms with Gasteiger partial charge in [-0.3, -0.25) is 9.97 Å². The zero-order valence-corrected chi connectivity index (χ0v) is 16.1. The summed E-state index contributed by atoms with van der Waals surface area (Å²) in [4.78, 5) is 11.0. The first kappa shape index (κ1) is 16.8. The lowest BCUT2D eigenvalue weighted by atomic mass is 9.86. The second-order valence-electron chi connectivity index (χ2n) is 7.29. The van der Waals surface area contributed by atoms with Gasteiger partial charge in [-0.1, -0.05) is 0 Å². The van der Waals surface area contributed by atoms with Gasteiger partial charge >= 0.3 is 0 Å². The Hall–Kier alpha value is -1.35. The van der Waals surface area contributed by atoms with E-state index in [2.05, 4.69) is 16.0 Å². The average molecular weight is 392 g/mol. The predicted molar refractivity (Wildman–Crippen MR) is 99.4 cm³/mol. The number of sulfonamides is 1. The fourth-order valence-corrected chi connectivity index (χ4v) is 7.24. The van der Waals surface area contributed by atoms with Crippen LogP contribution in [0, 0.1) is 0 Å². The van der Waals surface area contributed by atoms with E-state index in [1.165, 1.54) is 10.4 Å². The highest BCUT2D eigenvalue weighted by Gasteiger charge is 2.47. The van der Waals surface area contributed by atoms with E-state index in [0.717, 1.165) is 42.7 Å². The third-order valence-electron chi connectivity index (χ3n) is 5.62. The standard InChI is InChI=1S/C18H21N3O3S2/c22-26(23,14-1-2-14)21-8-4-18(5-9-21)17-13(3-10-24-18)11-16(25-17)15-12-19-6-7-20-15/h6-7,11-12,14H,1-5,8-10H2. The van der Waals surface area contributed by atoms with Crippen LogP contribution in [0.25, 0.3) is 10.6 Å². The number of aromatic nitrogens is 2. The van der Waals surface area contributed by atoms with Crippen molar-refractivity contribution < 1.29 is 13.2 Å². The summed E-state index contributed by atoms with van der Waals surface area (Å²) in [5, 5.41) is -0.135. The Labute approximate surface area is 157 Å². The zero-order chi connectivity index (χ0) is 17.8. The highest BCUT2D eigenvalue weighted by atomic mass is 32.2. The van der Waals surface area contributed by atoms with Gasteiger partial charge < -0.3 is 4.74 Å². The molecule has 0 aromatic carbocycles. The van der Waals surface area contributed by atoms with E-state index in [1.54, 1.807) is 34.2 Å². The quantitative estimate of drug-likeness (QED) is 0.804. The maximum Gasteiger partial charge on any atom is 0.216 e. The van der Waals surface area contributed by atoms with E-state index in [9.17, 15) is 8.42 Å². The van der Waals surface area contributed by atoms with E-state index in [1.807, 2.05) is 0 Å². The molecule has 0 N–H and O–H groups in total. The second kappa shape index (κ2) is 6.09. The van der Waals surface area contributed by atoms with Gasteiger partial charge in [0.15, 0.2) is 0 Å². The third kappa shape index (κ3) is 2.70. The number of fused-ring (bicyclic) bond motifs is 2. The summed E-state index contributed by atoms with van der Waals surface area (Å²) in [6.45, 7) is 1.80. The van der Waals surface area contributed by atoms with E-state index < -0.39 is 10.0 Å². The van der Waals surface area contributed by atoms with Crippen LogP contribution in [0.2, 0.25) is 0 Å². The van der Waals surface area contributed by atoms with Crippen molar-refractivity contribution in [3.05, 3.63) is 35.1 Å². The van der Waals surface area contributed by atoms with Gasteiger partial charge in [-0.25, -0.2) is 12.7 Å². The van der Waals surface area contributed by atoms with Gasteiger partial charge in [0.2, 0.25) is 10.0 Å². The first-order valence-electron chi connectivity index (χ1n) is 9.11. The average Bonchev–Trinajstić information content (AvgIpc) is 3.43. The van der Waals surface area contributed by atoms with Gasteiger partial charge in [-0.05, 0) is 43.7 Å². The second-order valence-corrected chi connectivity index (χ2v) is 10.6. The van der Waals surface area contributed by atoms with Crippen LogP contribution < -0.4 is 0 Å². The molecular weight excluding hydrogens is 370 g/mol. The van der Waals surface area contributed by atoms with E-state index in [-0.39, 0.29) is 10.9 Å². The number of nitrogens with zero attached hydrogens (tertiary/aromatic N) is 3. The molecule has 0 bridgehead atoms. The monoisotopic (exact) mass is 391 g/mol. The topological polar surface area (TPSA) is 72.4 Å². The lowest BCUT2D eigenvalue weighted by Crippen LogP contribution is -2.48. The fraction of sp³-hybridized carbons (Fsp3) is 0.556. The van der Waals surface area contributed by atoms with Gasteiger partial charge in [0.1, 0.15) is 5.60 Å². The van der Waals surface area contributed by atoms with Crippen LogP contribution in [-0.2, 0) is 26.8 Å². The van der Waals surface area contributed by atoms with Crippen molar-refractivity contribution in [3.8, 4) is 10.6 Å². The van der Waals surface area contributed by atoms with E-state index in [4.69, 9.17) is 4.74 Å². The molecule has 2 aliphatic heterocycles. The molecule has 1 saturated heterocycles. The van der Waals surface area contributed by atoms with E-state index >= 15 is 0 Å². The molecule has 5 rings (SSSR count). The van der Waals surface area contributed by atoms with Crippen molar-refractivity contribution in [1.29, 1.82) is 0 Å². The normalized spacial score (nSPS) is 23.1. The zero-order valence-electron chi connectivity index (χ0n) is 14.4. The Balaban J connectivity index is 1.43. The number of rotatable bonds is 3. The summed E-state index contributed by atoms with van der Waals surface area (Å²) in [5.41, 5.74) is 1.87. The summed E-state index contributed by atoms with van der Waals surface area (Å²) in [5.74, 6) is 0. The summed E-state index contributed by atoms with van der Waals surface area (Å²) in [6.07, 6.45) is 9.17. The van der Waals surface area contributed by atoms with Crippen LogP contribution in [0.5, 0.6) is 0 Å². The van der Waals surface area contributed by atoms with Gasteiger partial charge in [-0.15, -0.1) is 11.3 Å². The summed E-state index contributed by atoms with van der Waals surface area (Å²) < 4.78 is 33.0. The third-order valence-corrected chi connectivity index (χ3v) is 9.41. The predicted octanol–water partition coefficient (Wildman–Crippen LogP) is 2.56. The maximum atomic E-state index is 12.5. The van der Waals surface area contributed by atoms with Gasteiger partial charge in [0, 0.05) is 30.4 Å². The van der Waals surface area contributed by atoms with Gasteiger partial charge in [-0.2, -0.15) is 0 Å².